The summed E-state index contributed by atoms with van der Waals surface area (Å²) in [5.41, 5.74) is 1.44. The molecule has 2 aromatic rings. The topological polar surface area (TPSA) is 40.5 Å². The first-order chi connectivity index (χ1) is 11.7. The molecular formula is C19H26N4S. The van der Waals surface area contributed by atoms with Crippen LogP contribution in [0.25, 0.3) is 0 Å². The number of aryl methyl sites for hydroxylation is 1. The van der Waals surface area contributed by atoms with E-state index in [1.807, 2.05) is 13.2 Å². The van der Waals surface area contributed by atoms with Gasteiger partial charge < -0.3 is 10.2 Å². The fraction of sp³-hybridized carbons (Fsp3) is 0.474. The van der Waals surface area contributed by atoms with Crippen LogP contribution in [0.15, 0.2) is 41.5 Å². The monoisotopic (exact) mass is 342 g/mol. The summed E-state index contributed by atoms with van der Waals surface area (Å²) in [7, 11) is 1.88. The van der Waals surface area contributed by atoms with E-state index in [4.69, 9.17) is 0 Å². The van der Waals surface area contributed by atoms with Gasteiger partial charge in [0, 0.05) is 44.2 Å². The summed E-state index contributed by atoms with van der Waals surface area (Å²) in [5.74, 6) is 1.74. The van der Waals surface area contributed by atoms with Crippen molar-refractivity contribution in [2.45, 2.75) is 26.2 Å². The van der Waals surface area contributed by atoms with Gasteiger partial charge in [-0.2, -0.15) is 0 Å². The molecule has 0 bridgehead atoms. The van der Waals surface area contributed by atoms with Gasteiger partial charge in [0.25, 0.3) is 0 Å². The molecule has 5 heteroatoms. The zero-order valence-electron chi connectivity index (χ0n) is 14.5. The number of nitrogens with one attached hydrogen (secondary N) is 1. The molecule has 1 aliphatic heterocycles. The highest BCUT2D eigenvalue weighted by molar-refractivity contribution is 7.11. The second kappa shape index (κ2) is 8.29. The van der Waals surface area contributed by atoms with Gasteiger partial charge in [0.15, 0.2) is 5.96 Å². The molecule has 1 unspecified atom stereocenters. The molecule has 1 aromatic carbocycles. The second-order valence-electron chi connectivity index (χ2n) is 6.38. The number of rotatable bonds is 5. The molecule has 4 nitrogen and oxygen atoms in total. The minimum absolute atomic E-state index is 0.715. The first kappa shape index (κ1) is 17.0. The Bertz CT molecular complexity index is 665. The smallest absolute Gasteiger partial charge is 0.193 e. The third-order valence-corrected chi connectivity index (χ3v) is 5.43. The predicted molar refractivity (Wildman–Crippen MR) is 102 cm³/mol. The Morgan fingerprint density at radius 2 is 2.21 bits per heavy atom. The summed E-state index contributed by atoms with van der Waals surface area (Å²) < 4.78 is 0. The Labute approximate surface area is 148 Å². The van der Waals surface area contributed by atoms with E-state index in [9.17, 15) is 0 Å². The number of hydrogen-bond donors (Lipinski definition) is 1. The number of guanidine groups is 1. The molecule has 128 valence electrons. The molecule has 24 heavy (non-hydrogen) atoms. The average Bonchev–Trinajstić information content (AvgIpc) is 3.22. The lowest BCUT2D eigenvalue weighted by Gasteiger charge is -2.21. The van der Waals surface area contributed by atoms with E-state index >= 15 is 0 Å². The van der Waals surface area contributed by atoms with Gasteiger partial charge in [0.2, 0.25) is 0 Å². The van der Waals surface area contributed by atoms with Crippen LogP contribution in [0.5, 0.6) is 0 Å². The lowest BCUT2D eigenvalue weighted by Crippen LogP contribution is -2.41. The highest BCUT2D eigenvalue weighted by atomic mass is 32.1. The van der Waals surface area contributed by atoms with Gasteiger partial charge in [-0.15, -0.1) is 11.3 Å². The minimum atomic E-state index is 0.715. The number of hydrogen-bond acceptors (Lipinski definition) is 3. The van der Waals surface area contributed by atoms with Crippen molar-refractivity contribution in [2.75, 3.05) is 26.7 Å². The quantitative estimate of drug-likeness (QED) is 0.670. The minimum Gasteiger partial charge on any atom is -0.356 e. The van der Waals surface area contributed by atoms with Crippen LogP contribution in [0.1, 0.15) is 21.9 Å². The molecule has 1 N–H and O–H groups in total. The molecule has 1 fully saturated rings. The van der Waals surface area contributed by atoms with Crippen LogP contribution in [-0.4, -0.2) is 42.5 Å². The number of benzene rings is 1. The van der Waals surface area contributed by atoms with Crippen LogP contribution in [-0.2, 0) is 12.8 Å². The Morgan fingerprint density at radius 3 is 2.92 bits per heavy atom. The Kier molecular flexibility index (Phi) is 5.86. The molecule has 2 heterocycles. The average molecular weight is 343 g/mol. The van der Waals surface area contributed by atoms with Crippen molar-refractivity contribution in [1.82, 2.24) is 15.2 Å². The second-order valence-corrected chi connectivity index (χ2v) is 7.70. The van der Waals surface area contributed by atoms with E-state index in [1.165, 1.54) is 21.9 Å². The first-order valence-corrected chi connectivity index (χ1v) is 9.47. The summed E-state index contributed by atoms with van der Waals surface area (Å²) in [4.78, 5) is 12.5. The summed E-state index contributed by atoms with van der Waals surface area (Å²) in [6, 6.07) is 10.8. The number of likely N-dealkylation sites (tertiary alicyclic amines) is 1. The lowest BCUT2D eigenvalue weighted by atomic mass is 9.99. The zero-order valence-corrected chi connectivity index (χ0v) is 15.4. The van der Waals surface area contributed by atoms with Crippen molar-refractivity contribution in [2.24, 2.45) is 10.9 Å². The Hall–Kier alpha value is -1.88. The Balaban J connectivity index is 1.46. The van der Waals surface area contributed by atoms with Gasteiger partial charge in [0.1, 0.15) is 0 Å². The molecule has 1 aliphatic rings. The van der Waals surface area contributed by atoms with E-state index in [0.717, 1.165) is 38.4 Å². The first-order valence-electron chi connectivity index (χ1n) is 8.65. The van der Waals surface area contributed by atoms with Gasteiger partial charge in [-0.25, -0.2) is 4.98 Å². The zero-order chi connectivity index (χ0) is 16.8. The van der Waals surface area contributed by atoms with Gasteiger partial charge in [0.05, 0.1) is 5.01 Å². The van der Waals surface area contributed by atoms with E-state index in [0.29, 0.717) is 5.92 Å². The number of thiazole rings is 1. The maximum absolute atomic E-state index is 4.46. The summed E-state index contributed by atoms with van der Waals surface area (Å²) in [6.45, 7) is 5.17. The summed E-state index contributed by atoms with van der Waals surface area (Å²) >= 11 is 1.78. The van der Waals surface area contributed by atoms with Crippen molar-refractivity contribution >= 4 is 17.3 Å². The Morgan fingerprint density at radius 1 is 1.38 bits per heavy atom. The predicted octanol–water partition coefficient (Wildman–Crippen LogP) is 3.13. The fourth-order valence-corrected chi connectivity index (χ4v) is 4.06. The highest BCUT2D eigenvalue weighted by Crippen LogP contribution is 2.21. The van der Waals surface area contributed by atoms with Crippen LogP contribution < -0.4 is 5.32 Å². The molecule has 3 rings (SSSR count). The van der Waals surface area contributed by atoms with Gasteiger partial charge in [-0.1, -0.05) is 30.3 Å². The van der Waals surface area contributed by atoms with E-state index in [-0.39, 0.29) is 0 Å². The lowest BCUT2D eigenvalue weighted by molar-refractivity contribution is 0.460. The van der Waals surface area contributed by atoms with Crippen molar-refractivity contribution < 1.29 is 0 Å². The van der Waals surface area contributed by atoms with Crippen molar-refractivity contribution in [1.29, 1.82) is 0 Å². The molecule has 1 saturated heterocycles. The molecule has 0 aliphatic carbocycles. The molecule has 1 aromatic heterocycles. The van der Waals surface area contributed by atoms with E-state index < -0.39 is 0 Å². The van der Waals surface area contributed by atoms with Gasteiger partial charge in [-0.3, -0.25) is 4.99 Å². The van der Waals surface area contributed by atoms with E-state index in [2.05, 4.69) is 57.4 Å². The molecule has 0 radical (unpaired) electrons. The molecule has 1 atom stereocenters. The van der Waals surface area contributed by atoms with Crippen LogP contribution in [0.3, 0.4) is 0 Å². The third-order valence-electron chi connectivity index (χ3n) is 4.46. The van der Waals surface area contributed by atoms with Crippen LogP contribution in [0.4, 0.5) is 0 Å². The molecular weight excluding hydrogens is 316 g/mol. The van der Waals surface area contributed by atoms with Crippen molar-refractivity contribution in [3.05, 3.63) is 52.0 Å². The molecule has 0 amide bonds. The third kappa shape index (κ3) is 4.57. The maximum atomic E-state index is 4.46. The molecule has 0 saturated carbocycles. The summed E-state index contributed by atoms with van der Waals surface area (Å²) in [5, 5.41) is 4.69. The number of aromatic nitrogens is 1. The number of nitrogens with zero attached hydrogens (tertiary/aromatic N) is 3. The van der Waals surface area contributed by atoms with Crippen LogP contribution in [0, 0.1) is 12.8 Å². The van der Waals surface area contributed by atoms with Gasteiger partial charge >= 0.3 is 0 Å². The normalized spacial score (nSPS) is 18.2. The largest absolute Gasteiger partial charge is 0.356 e. The van der Waals surface area contributed by atoms with Crippen molar-refractivity contribution in [3.63, 3.8) is 0 Å². The van der Waals surface area contributed by atoms with Crippen LogP contribution in [0.2, 0.25) is 0 Å². The number of aliphatic imine (C=N–C) groups is 1. The van der Waals surface area contributed by atoms with Crippen molar-refractivity contribution in [3.8, 4) is 0 Å². The van der Waals surface area contributed by atoms with Crippen LogP contribution >= 0.6 is 11.3 Å². The maximum Gasteiger partial charge on any atom is 0.193 e. The standard InChI is InChI=1S/C19H26N4S/c1-15-13-22-18(24-15)8-10-21-19(20-2)23-11-9-17(14-23)12-16-6-4-3-5-7-16/h3-7,13,17H,8-12,14H2,1-2H3,(H,20,21). The highest BCUT2D eigenvalue weighted by Gasteiger charge is 2.24. The fourth-order valence-electron chi connectivity index (χ4n) is 3.27. The molecule has 0 spiro atoms. The SMILES string of the molecule is CN=C(NCCc1ncc(C)s1)N1CCC(Cc2ccccc2)C1. The summed E-state index contributed by atoms with van der Waals surface area (Å²) in [6.07, 6.45) is 5.30. The van der Waals surface area contributed by atoms with E-state index in [1.54, 1.807) is 11.3 Å². The van der Waals surface area contributed by atoms with Gasteiger partial charge in [-0.05, 0) is 31.2 Å².